The van der Waals surface area contributed by atoms with Crippen molar-refractivity contribution >= 4 is 45.6 Å². The van der Waals surface area contributed by atoms with Crippen LogP contribution in [-0.4, -0.2) is 39.4 Å². The van der Waals surface area contributed by atoms with E-state index in [9.17, 15) is 9.59 Å². The Hall–Kier alpha value is -5.10. The van der Waals surface area contributed by atoms with E-state index in [0.29, 0.717) is 11.1 Å². The number of benzene rings is 5. The van der Waals surface area contributed by atoms with Crippen LogP contribution in [0.2, 0.25) is 0 Å². The Labute approximate surface area is 244 Å². The van der Waals surface area contributed by atoms with Gasteiger partial charge in [-0.15, -0.1) is 0 Å². The molecular formula is C36H32O6. The molecule has 0 aliphatic rings. The summed E-state index contributed by atoms with van der Waals surface area (Å²) in [4.78, 5) is 25.6. The molecule has 0 heterocycles. The maximum Gasteiger partial charge on any atom is 0.338 e. The molecule has 5 aromatic carbocycles. The number of ether oxygens (including phenoxy) is 4. The molecule has 5 aromatic rings. The zero-order chi connectivity index (χ0) is 29.6. The third kappa shape index (κ3) is 5.84. The SMILES string of the molecule is CCOC(=O)c1ccc2/c(=C\c3ccc(OC)cc3)c3cc(C(=O)OCC)ccc3/c(=C\c3ccc(OC)cc3)c2c1. The van der Waals surface area contributed by atoms with Crippen molar-refractivity contribution in [2.24, 2.45) is 0 Å². The lowest BCUT2D eigenvalue weighted by molar-refractivity contribution is 0.0517. The fourth-order valence-corrected chi connectivity index (χ4v) is 5.02. The molecule has 0 radical (unpaired) electrons. The molecule has 212 valence electrons. The van der Waals surface area contributed by atoms with Gasteiger partial charge in [0.2, 0.25) is 0 Å². The lowest BCUT2D eigenvalue weighted by Crippen LogP contribution is -2.17. The van der Waals surface area contributed by atoms with Gasteiger partial charge >= 0.3 is 11.9 Å². The number of rotatable bonds is 8. The molecule has 0 aliphatic heterocycles. The second kappa shape index (κ2) is 12.6. The van der Waals surface area contributed by atoms with Crippen molar-refractivity contribution in [3.8, 4) is 11.5 Å². The molecule has 0 atom stereocenters. The maximum atomic E-state index is 12.8. The van der Waals surface area contributed by atoms with Crippen LogP contribution in [0.25, 0.3) is 33.7 Å². The molecule has 42 heavy (non-hydrogen) atoms. The lowest BCUT2D eigenvalue weighted by atomic mass is 9.93. The lowest BCUT2D eigenvalue weighted by Gasteiger charge is -2.12. The van der Waals surface area contributed by atoms with Crippen molar-refractivity contribution < 1.29 is 28.5 Å². The van der Waals surface area contributed by atoms with Gasteiger partial charge < -0.3 is 18.9 Å². The van der Waals surface area contributed by atoms with Gasteiger partial charge in [0, 0.05) is 0 Å². The first-order valence-electron chi connectivity index (χ1n) is 13.8. The van der Waals surface area contributed by atoms with Crippen LogP contribution in [0, 0.1) is 0 Å². The van der Waals surface area contributed by atoms with Crippen molar-refractivity contribution in [1.82, 2.24) is 0 Å². The molecule has 0 spiro atoms. The molecule has 0 aliphatic carbocycles. The number of methoxy groups -OCH3 is 2. The first kappa shape index (κ1) is 28.4. The van der Waals surface area contributed by atoms with Crippen LogP contribution in [0.3, 0.4) is 0 Å². The van der Waals surface area contributed by atoms with E-state index >= 15 is 0 Å². The minimum Gasteiger partial charge on any atom is -0.497 e. The van der Waals surface area contributed by atoms with E-state index < -0.39 is 0 Å². The van der Waals surface area contributed by atoms with Gasteiger partial charge in [0.1, 0.15) is 11.5 Å². The van der Waals surface area contributed by atoms with Crippen LogP contribution in [0.5, 0.6) is 11.5 Å². The third-order valence-corrected chi connectivity index (χ3v) is 7.08. The highest BCUT2D eigenvalue weighted by Crippen LogP contribution is 2.21. The molecule has 0 bridgehead atoms. The summed E-state index contributed by atoms with van der Waals surface area (Å²) in [6.07, 6.45) is 4.17. The predicted octanol–water partition coefficient (Wildman–Crippen LogP) is 6.02. The molecule has 0 fully saturated rings. The van der Waals surface area contributed by atoms with Gasteiger partial charge in [0.05, 0.1) is 38.6 Å². The van der Waals surface area contributed by atoms with Gasteiger partial charge in [-0.2, -0.15) is 0 Å². The third-order valence-electron chi connectivity index (χ3n) is 7.08. The van der Waals surface area contributed by atoms with E-state index in [-0.39, 0.29) is 25.2 Å². The fraction of sp³-hybridized carbons (Fsp3) is 0.167. The Bertz CT molecular complexity index is 1750. The van der Waals surface area contributed by atoms with E-state index in [2.05, 4.69) is 12.2 Å². The van der Waals surface area contributed by atoms with Crippen LogP contribution in [0.4, 0.5) is 0 Å². The fourth-order valence-electron chi connectivity index (χ4n) is 5.02. The Morgan fingerprint density at radius 3 is 1.26 bits per heavy atom. The first-order valence-corrected chi connectivity index (χ1v) is 13.8. The number of carbonyl (C=O) groups excluding carboxylic acids is 2. The minimum atomic E-state index is -0.381. The maximum absolute atomic E-state index is 12.8. The second-order valence-corrected chi connectivity index (χ2v) is 9.62. The van der Waals surface area contributed by atoms with E-state index in [1.165, 1.54) is 0 Å². The Balaban J connectivity index is 1.92. The Kier molecular flexibility index (Phi) is 8.53. The molecule has 0 aromatic heterocycles. The minimum absolute atomic E-state index is 0.284. The summed E-state index contributed by atoms with van der Waals surface area (Å²) < 4.78 is 21.3. The topological polar surface area (TPSA) is 71.1 Å². The van der Waals surface area contributed by atoms with Gasteiger partial charge in [-0.05, 0) is 118 Å². The van der Waals surface area contributed by atoms with E-state index in [1.54, 1.807) is 40.2 Å². The van der Waals surface area contributed by atoms with Gasteiger partial charge in [-0.3, -0.25) is 0 Å². The molecule has 0 N–H and O–H groups in total. The average molecular weight is 561 g/mol. The molecule has 0 saturated heterocycles. The molecule has 0 unspecified atom stereocenters. The molecule has 0 saturated carbocycles. The summed E-state index contributed by atoms with van der Waals surface area (Å²) in [7, 11) is 3.27. The molecule has 6 nitrogen and oxygen atoms in total. The van der Waals surface area contributed by atoms with Crippen molar-refractivity contribution in [2.45, 2.75) is 13.8 Å². The average Bonchev–Trinajstić information content (AvgIpc) is 3.03. The van der Waals surface area contributed by atoms with Crippen LogP contribution >= 0.6 is 0 Å². The first-order chi connectivity index (χ1) is 20.4. The summed E-state index contributed by atoms with van der Waals surface area (Å²) in [5, 5.41) is 5.44. The van der Waals surface area contributed by atoms with Crippen LogP contribution in [0.15, 0.2) is 84.9 Å². The van der Waals surface area contributed by atoms with Crippen molar-refractivity contribution in [3.05, 3.63) is 118 Å². The number of hydrogen-bond acceptors (Lipinski definition) is 6. The van der Waals surface area contributed by atoms with Crippen molar-refractivity contribution in [1.29, 1.82) is 0 Å². The quantitative estimate of drug-likeness (QED) is 0.171. The van der Waals surface area contributed by atoms with E-state index in [4.69, 9.17) is 18.9 Å². The number of fused-ring (bicyclic) bond motifs is 2. The normalized spacial score (nSPS) is 12.0. The molecule has 6 heteroatoms. The van der Waals surface area contributed by atoms with Crippen LogP contribution < -0.4 is 19.9 Å². The monoisotopic (exact) mass is 560 g/mol. The van der Waals surface area contributed by atoms with Crippen molar-refractivity contribution in [2.75, 3.05) is 27.4 Å². The number of esters is 2. The molecular weight excluding hydrogens is 528 g/mol. The molecule has 0 amide bonds. The zero-order valence-electron chi connectivity index (χ0n) is 24.1. The Morgan fingerprint density at radius 2 is 0.929 bits per heavy atom. The van der Waals surface area contributed by atoms with Gasteiger partial charge in [0.25, 0.3) is 0 Å². The number of hydrogen-bond donors (Lipinski definition) is 0. The van der Waals surface area contributed by atoms with Gasteiger partial charge in [0.15, 0.2) is 0 Å². The largest absolute Gasteiger partial charge is 0.497 e. The summed E-state index contributed by atoms with van der Waals surface area (Å²) in [6.45, 7) is 4.15. The standard InChI is InChI=1S/C36H32O6/c1-5-41-35(37)25-11-17-29-32(20-24-9-15-28(40-4)16-10-24)34-22-26(36(38)42-6-2)12-18-30(34)31(33(29)21-25)19-23-7-13-27(39-3)14-8-23/h7-22H,5-6H2,1-4H3/b31-19+,32-20+. The van der Waals surface area contributed by atoms with Gasteiger partial charge in [-0.25, -0.2) is 9.59 Å². The highest BCUT2D eigenvalue weighted by molar-refractivity contribution is 6.06. The predicted molar refractivity (Wildman–Crippen MR) is 166 cm³/mol. The summed E-state index contributed by atoms with van der Waals surface area (Å²) in [5.41, 5.74) is 2.85. The van der Waals surface area contributed by atoms with E-state index in [0.717, 1.165) is 54.6 Å². The summed E-state index contributed by atoms with van der Waals surface area (Å²) in [6, 6.07) is 26.8. The van der Waals surface area contributed by atoms with Gasteiger partial charge in [-0.1, -0.05) is 36.4 Å². The van der Waals surface area contributed by atoms with Crippen LogP contribution in [-0.2, 0) is 9.47 Å². The smallest absolute Gasteiger partial charge is 0.338 e. The summed E-state index contributed by atoms with van der Waals surface area (Å²) >= 11 is 0. The van der Waals surface area contributed by atoms with Crippen LogP contribution in [0.1, 0.15) is 45.7 Å². The van der Waals surface area contributed by atoms with E-state index in [1.807, 2.05) is 72.8 Å². The number of carbonyl (C=O) groups is 2. The molecule has 5 rings (SSSR count). The Morgan fingerprint density at radius 1 is 0.548 bits per heavy atom. The second-order valence-electron chi connectivity index (χ2n) is 9.62. The highest BCUT2D eigenvalue weighted by Gasteiger charge is 2.14. The summed E-state index contributed by atoms with van der Waals surface area (Å²) in [5.74, 6) is 0.756. The highest BCUT2D eigenvalue weighted by atomic mass is 16.5. The zero-order valence-corrected chi connectivity index (χ0v) is 24.1. The van der Waals surface area contributed by atoms with Crippen molar-refractivity contribution in [3.63, 3.8) is 0 Å².